The lowest BCUT2D eigenvalue weighted by Gasteiger charge is -2.38. The van der Waals surface area contributed by atoms with Gasteiger partial charge in [-0.15, -0.1) is 0 Å². The van der Waals surface area contributed by atoms with Crippen LogP contribution in [0.25, 0.3) is 0 Å². The van der Waals surface area contributed by atoms with Crippen molar-refractivity contribution in [2.75, 3.05) is 5.43 Å². The molecule has 2 heterocycles. The third-order valence-electron chi connectivity index (χ3n) is 3.29. The average molecular weight is 242 g/mol. The third kappa shape index (κ3) is 2.08. The van der Waals surface area contributed by atoms with Gasteiger partial charge in [-0.2, -0.15) is 0 Å². The second-order valence-electron chi connectivity index (χ2n) is 5.38. The zero-order valence-corrected chi connectivity index (χ0v) is 10.8. The Labute approximate surface area is 107 Å². The second-order valence-corrected chi connectivity index (χ2v) is 5.38. The zero-order valence-electron chi connectivity index (χ0n) is 10.8. The first-order valence-corrected chi connectivity index (χ1v) is 6.31. The first-order chi connectivity index (χ1) is 8.64. The van der Waals surface area contributed by atoms with Gasteiger partial charge in [-0.25, -0.2) is 0 Å². The first kappa shape index (κ1) is 11.2. The van der Waals surface area contributed by atoms with Crippen molar-refractivity contribution in [1.82, 2.24) is 4.68 Å². The van der Waals surface area contributed by atoms with Crippen LogP contribution in [0.15, 0.2) is 48.8 Å². The maximum absolute atomic E-state index is 6.02. The van der Waals surface area contributed by atoms with Crippen molar-refractivity contribution < 1.29 is 4.74 Å². The smallest absolute Gasteiger partial charge is 0.125 e. The van der Waals surface area contributed by atoms with Gasteiger partial charge in [-0.3, -0.25) is 4.68 Å². The van der Waals surface area contributed by atoms with Crippen molar-refractivity contribution in [3.8, 4) is 5.75 Å². The maximum atomic E-state index is 6.02. The van der Waals surface area contributed by atoms with Gasteiger partial charge in [0, 0.05) is 24.4 Å². The molecule has 1 aromatic carbocycles. The largest absolute Gasteiger partial charge is 0.487 e. The molecule has 0 aliphatic carbocycles. The molecule has 3 rings (SSSR count). The molecule has 0 saturated heterocycles. The van der Waals surface area contributed by atoms with Crippen LogP contribution in [0.1, 0.15) is 31.9 Å². The van der Waals surface area contributed by atoms with Crippen LogP contribution >= 0.6 is 0 Å². The molecule has 1 N–H and O–H groups in total. The summed E-state index contributed by atoms with van der Waals surface area (Å²) in [7, 11) is 0. The van der Waals surface area contributed by atoms with Crippen molar-refractivity contribution in [2.45, 2.75) is 31.9 Å². The van der Waals surface area contributed by atoms with Crippen LogP contribution in [0.2, 0.25) is 0 Å². The van der Waals surface area contributed by atoms with E-state index in [1.54, 1.807) is 0 Å². The van der Waals surface area contributed by atoms with Crippen LogP contribution in [0.3, 0.4) is 0 Å². The standard InChI is InChI=1S/C15H18N2O/c1-15(2)11-13(16-17-9-5-6-10-17)12-7-3-4-8-14(12)18-15/h3-10,13,16H,11H2,1-2H3. The number of benzene rings is 1. The SMILES string of the molecule is CC1(C)CC(Nn2cccc2)c2ccccc2O1. The first-order valence-electron chi connectivity index (χ1n) is 6.31. The van der Waals surface area contributed by atoms with E-state index >= 15 is 0 Å². The summed E-state index contributed by atoms with van der Waals surface area (Å²) < 4.78 is 8.02. The number of hydrogen-bond donors (Lipinski definition) is 1. The summed E-state index contributed by atoms with van der Waals surface area (Å²) in [5.41, 5.74) is 4.60. The Balaban J connectivity index is 1.94. The van der Waals surface area contributed by atoms with Gasteiger partial charge in [0.25, 0.3) is 0 Å². The van der Waals surface area contributed by atoms with Crippen LogP contribution in [-0.2, 0) is 0 Å². The molecule has 0 fully saturated rings. The Bertz CT molecular complexity index is 531. The summed E-state index contributed by atoms with van der Waals surface area (Å²) in [4.78, 5) is 0. The zero-order chi connectivity index (χ0) is 12.6. The summed E-state index contributed by atoms with van der Waals surface area (Å²) in [6.45, 7) is 4.26. The molecule has 3 nitrogen and oxygen atoms in total. The lowest BCUT2D eigenvalue weighted by atomic mass is 9.90. The van der Waals surface area contributed by atoms with E-state index in [2.05, 4.69) is 31.4 Å². The molecular weight excluding hydrogens is 224 g/mol. The lowest BCUT2D eigenvalue weighted by Crippen LogP contribution is -2.38. The van der Waals surface area contributed by atoms with Crippen LogP contribution in [0.5, 0.6) is 5.75 Å². The Hall–Kier alpha value is -1.90. The predicted octanol–water partition coefficient (Wildman–Crippen LogP) is 3.33. The number of rotatable bonds is 2. The van der Waals surface area contributed by atoms with Crippen molar-refractivity contribution in [3.05, 3.63) is 54.4 Å². The molecule has 94 valence electrons. The molecule has 1 atom stereocenters. The Morgan fingerprint density at radius 3 is 2.67 bits per heavy atom. The second kappa shape index (κ2) is 4.09. The minimum absolute atomic E-state index is 0.140. The number of hydrogen-bond acceptors (Lipinski definition) is 2. The fraction of sp³-hybridized carbons (Fsp3) is 0.333. The van der Waals surface area contributed by atoms with Gasteiger partial charge >= 0.3 is 0 Å². The highest BCUT2D eigenvalue weighted by molar-refractivity contribution is 5.39. The van der Waals surface area contributed by atoms with E-state index in [9.17, 15) is 0 Å². The van der Waals surface area contributed by atoms with E-state index in [1.165, 1.54) is 5.56 Å². The molecule has 2 aromatic rings. The fourth-order valence-corrected chi connectivity index (χ4v) is 2.52. The predicted molar refractivity (Wildman–Crippen MR) is 72.3 cm³/mol. The van der Waals surface area contributed by atoms with Crippen LogP contribution in [-0.4, -0.2) is 10.3 Å². The highest BCUT2D eigenvalue weighted by Crippen LogP contribution is 2.39. The number of nitrogens with one attached hydrogen (secondary N) is 1. The Morgan fingerprint density at radius 2 is 1.89 bits per heavy atom. The molecule has 1 aromatic heterocycles. The van der Waals surface area contributed by atoms with Crippen LogP contribution in [0.4, 0.5) is 0 Å². The third-order valence-corrected chi connectivity index (χ3v) is 3.29. The molecule has 1 aliphatic rings. The molecule has 0 amide bonds. The molecule has 3 heteroatoms. The number of fused-ring (bicyclic) bond motifs is 1. The highest BCUT2D eigenvalue weighted by Gasteiger charge is 2.33. The summed E-state index contributed by atoms with van der Waals surface area (Å²) in [6.07, 6.45) is 4.98. The highest BCUT2D eigenvalue weighted by atomic mass is 16.5. The van der Waals surface area contributed by atoms with E-state index in [4.69, 9.17) is 4.74 Å². The van der Waals surface area contributed by atoms with Gasteiger partial charge in [-0.1, -0.05) is 18.2 Å². The molecule has 1 unspecified atom stereocenters. The minimum atomic E-state index is -0.140. The molecule has 0 radical (unpaired) electrons. The molecule has 1 aliphatic heterocycles. The summed E-state index contributed by atoms with van der Waals surface area (Å²) in [5.74, 6) is 0.985. The van der Waals surface area contributed by atoms with Crippen molar-refractivity contribution in [3.63, 3.8) is 0 Å². The molecule has 0 spiro atoms. The van der Waals surface area contributed by atoms with Crippen LogP contribution in [0, 0.1) is 0 Å². The van der Waals surface area contributed by atoms with Gasteiger partial charge in [0.15, 0.2) is 0 Å². The summed E-state index contributed by atoms with van der Waals surface area (Å²) in [6, 6.07) is 12.6. The van der Waals surface area contributed by atoms with Gasteiger partial charge in [0.05, 0.1) is 6.04 Å². The van der Waals surface area contributed by atoms with Gasteiger partial charge in [-0.05, 0) is 32.0 Å². The average Bonchev–Trinajstić information content (AvgIpc) is 2.80. The Morgan fingerprint density at radius 1 is 1.17 bits per heavy atom. The summed E-state index contributed by atoms with van der Waals surface area (Å²) >= 11 is 0. The van der Waals surface area contributed by atoms with E-state index in [0.717, 1.165) is 12.2 Å². The van der Waals surface area contributed by atoms with Gasteiger partial charge in [0.2, 0.25) is 0 Å². The number of nitrogens with zero attached hydrogens (tertiary/aromatic N) is 1. The topological polar surface area (TPSA) is 26.2 Å². The van der Waals surface area contributed by atoms with Gasteiger partial charge in [0.1, 0.15) is 11.4 Å². The minimum Gasteiger partial charge on any atom is -0.487 e. The van der Waals surface area contributed by atoms with E-state index < -0.39 is 0 Å². The quantitative estimate of drug-likeness (QED) is 0.874. The number of para-hydroxylation sites is 1. The Kier molecular flexibility index (Phi) is 2.54. The number of ether oxygens (including phenoxy) is 1. The maximum Gasteiger partial charge on any atom is 0.125 e. The van der Waals surface area contributed by atoms with Crippen LogP contribution < -0.4 is 10.2 Å². The van der Waals surface area contributed by atoms with E-state index in [0.29, 0.717) is 0 Å². The molecule has 18 heavy (non-hydrogen) atoms. The summed E-state index contributed by atoms with van der Waals surface area (Å²) in [5, 5.41) is 0. The molecule has 0 saturated carbocycles. The van der Waals surface area contributed by atoms with Crippen molar-refractivity contribution in [2.24, 2.45) is 0 Å². The normalized spacial score (nSPS) is 20.9. The lowest BCUT2D eigenvalue weighted by molar-refractivity contribution is 0.0740. The molecular formula is C15H18N2O. The molecule has 0 bridgehead atoms. The number of aromatic nitrogens is 1. The monoisotopic (exact) mass is 242 g/mol. The fourth-order valence-electron chi connectivity index (χ4n) is 2.52. The van der Waals surface area contributed by atoms with Crippen molar-refractivity contribution in [1.29, 1.82) is 0 Å². The van der Waals surface area contributed by atoms with E-state index in [-0.39, 0.29) is 11.6 Å². The van der Waals surface area contributed by atoms with E-state index in [1.807, 2.05) is 41.3 Å². The van der Waals surface area contributed by atoms with Gasteiger partial charge < -0.3 is 10.2 Å². The van der Waals surface area contributed by atoms with Crippen molar-refractivity contribution >= 4 is 0 Å².